The lowest BCUT2D eigenvalue weighted by Crippen LogP contribution is -2.09. The Hall–Kier alpha value is -9.22. The third kappa shape index (κ3) is 9.09. The maximum absolute atomic E-state index is 10.5. The lowest BCUT2D eigenvalue weighted by Gasteiger charge is -2.26. The monoisotopic (exact) mass is 836 g/mol. The molecule has 0 N–H and O–H groups in total. The molecule has 0 saturated heterocycles. The van der Waals surface area contributed by atoms with Crippen LogP contribution >= 0.6 is 0 Å². The van der Waals surface area contributed by atoms with Gasteiger partial charge >= 0.3 is 0 Å². The topological polar surface area (TPSA) is 99.7 Å². The first-order chi connectivity index (χ1) is 31.4. The third-order valence-electron chi connectivity index (χ3n) is 10.5. The third-order valence-corrected chi connectivity index (χ3v) is 10.5. The quantitative estimate of drug-likeness (QED) is 0.0789. The molecule has 310 valence electrons. The lowest BCUT2D eigenvalue weighted by molar-refractivity contribution is 0.414. The van der Waals surface area contributed by atoms with Crippen LogP contribution in [0.5, 0.6) is 23.0 Å². The summed E-state index contributed by atoms with van der Waals surface area (Å²) >= 11 is 0. The molecule has 0 saturated carbocycles. The van der Waals surface area contributed by atoms with Crippen molar-refractivity contribution in [3.05, 3.63) is 202 Å². The Labute approximate surface area is 373 Å². The van der Waals surface area contributed by atoms with Crippen molar-refractivity contribution in [3.63, 3.8) is 0 Å². The van der Waals surface area contributed by atoms with Crippen LogP contribution in [-0.4, -0.2) is 28.4 Å². The van der Waals surface area contributed by atoms with Gasteiger partial charge in [-0.05, 0) is 144 Å². The van der Waals surface area contributed by atoms with E-state index in [-0.39, 0.29) is 33.6 Å². The predicted octanol–water partition coefficient (Wildman–Crippen LogP) is 13.8. The molecule has 0 amide bonds. The van der Waals surface area contributed by atoms with Crippen LogP contribution in [0.1, 0.15) is 33.4 Å². The van der Waals surface area contributed by atoms with Crippen LogP contribution in [-0.2, 0) is 0 Å². The molecule has 0 aliphatic heterocycles. The van der Waals surface area contributed by atoms with Gasteiger partial charge in [-0.15, -0.1) is 0 Å². The Morgan fingerprint density at radius 2 is 0.641 bits per heavy atom. The first-order valence-electron chi connectivity index (χ1n) is 19.9. The summed E-state index contributed by atoms with van der Waals surface area (Å²) in [6.07, 6.45) is 6.80. The first-order valence-corrected chi connectivity index (χ1v) is 19.9. The summed E-state index contributed by atoms with van der Waals surface area (Å²) < 4.78 is 21.5. The highest BCUT2D eigenvalue weighted by Gasteiger charge is 2.22. The molecule has 7 rings (SSSR count). The van der Waals surface area contributed by atoms with Gasteiger partial charge in [0.1, 0.15) is 23.0 Å². The van der Waals surface area contributed by atoms with Crippen LogP contribution in [0.25, 0.3) is 34.0 Å². The second kappa shape index (κ2) is 19.9. The molecule has 10 heteroatoms. The van der Waals surface area contributed by atoms with E-state index in [1.165, 1.54) is 0 Å². The molecule has 7 aromatic rings. The molecule has 0 atom stereocenters. The Bertz CT molecular complexity index is 2630. The van der Waals surface area contributed by atoms with Crippen LogP contribution in [0.2, 0.25) is 0 Å². The minimum Gasteiger partial charge on any atom is -0.497 e. The molecule has 10 nitrogen and oxygen atoms in total. The Morgan fingerprint density at radius 1 is 0.391 bits per heavy atom. The van der Waals surface area contributed by atoms with Gasteiger partial charge in [-0.25, -0.2) is 9.69 Å². The van der Waals surface area contributed by atoms with Gasteiger partial charge in [-0.2, -0.15) is 10.5 Å². The minimum atomic E-state index is -0.00446. The summed E-state index contributed by atoms with van der Waals surface area (Å²) in [6.45, 7) is 16.3. The number of nitrogens with zero attached hydrogens (tertiary/aromatic N) is 6. The van der Waals surface area contributed by atoms with E-state index >= 15 is 0 Å². The van der Waals surface area contributed by atoms with Gasteiger partial charge in [0.05, 0.1) is 64.8 Å². The van der Waals surface area contributed by atoms with Crippen molar-refractivity contribution >= 4 is 69.8 Å². The molecule has 0 bridgehead atoms. The molecule has 64 heavy (non-hydrogen) atoms. The maximum atomic E-state index is 10.5. The van der Waals surface area contributed by atoms with Gasteiger partial charge in [0.25, 0.3) is 0 Å². The molecule has 0 fully saturated rings. The lowest BCUT2D eigenvalue weighted by atomic mass is 9.92. The van der Waals surface area contributed by atoms with E-state index in [1.807, 2.05) is 146 Å². The maximum Gasteiger partial charge on any atom is 0.202 e. The second-order valence-corrected chi connectivity index (χ2v) is 14.0. The standard InChI is InChI=1S/C54H40N6O4/c1-57-53-50(34-12-38-9-15-40(16-10-38)60(43-21-29-47(63-5)30-22-43)44-23-31-48(64-6)32-24-44)54(58-2)52(36-56)49(51(53)35-55)33-11-37-7-13-39(14-8-37)59(41-17-25-45(61-3)26-18-41)42-19-27-46(62-4)28-20-42/h7-34H,3-6H3/b33-11-,34-12-. The molecule has 0 heterocycles. The van der Waals surface area contributed by atoms with E-state index < -0.39 is 0 Å². The van der Waals surface area contributed by atoms with Crippen LogP contribution in [0.4, 0.5) is 45.5 Å². The number of hydrogen-bond donors (Lipinski definition) is 0. The van der Waals surface area contributed by atoms with Crippen molar-refractivity contribution in [1.82, 2.24) is 0 Å². The molecule has 0 unspecified atom stereocenters. The number of rotatable bonds is 14. The Morgan fingerprint density at radius 3 is 0.875 bits per heavy atom. The summed E-state index contributed by atoms with van der Waals surface area (Å²) in [6, 6.07) is 50.9. The zero-order valence-electron chi connectivity index (χ0n) is 35.5. The largest absolute Gasteiger partial charge is 0.497 e. The summed E-state index contributed by atoms with van der Waals surface area (Å²) in [5.41, 5.74) is 7.42. The highest BCUT2D eigenvalue weighted by molar-refractivity contribution is 5.96. The zero-order chi connectivity index (χ0) is 45.0. The van der Waals surface area contributed by atoms with Crippen molar-refractivity contribution < 1.29 is 18.9 Å². The Balaban J connectivity index is 1.19. The normalized spacial score (nSPS) is 10.6. The van der Waals surface area contributed by atoms with Crippen molar-refractivity contribution in [3.8, 4) is 35.1 Å². The van der Waals surface area contributed by atoms with Gasteiger partial charge in [-0.1, -0.05) is 48.6 Å². The number of benzene rings is 7. The van der Waals surface area contributed by atoms with Crippen molar-refractivity contribution in [2.45, 2.75) is 0 Å². The van der Waals surface area contributed by atoms with Gasteiger partial charge in [0, 0.05) is 34.1 Å². The van der Waals surface area contributed by atoms with E-state index in [4.69, 9.17) is 32.1 Å². The molecule has 0 aliphatic rings. The van der Waals surface area contributed by atoms with Crippen LogP contribution < -0.4 is 28.7 Å². The minimum absolute atomic E-state index is 0.00446. The summed E-state index contributed by atoms with van der Waals surface area (Å²) in [5.74, 6) is 2.96. The van der Waals surface area contributed by atoms with E-state index in [0.29, 0.717) is 0 Å². The number of anilines is 6. The van der Waals surface area contributed by atoms with Crippen molar-refractivity contribution in [2.75, 3.05) is 38.2 Å². The smallest absolute Gasteiger partial charge is 0.202 e. The fourth-order valence-electron chi connectivity index (χ4n) is 7.19. The summed E-state index contributed by atoms with van der Waals surface area (Å²) in [4.78, 5) is 11.7. The first kappa shape index (κ1) is 42.9. The van der Waals surface area contributed by atoms with E-state index in [1.54, 1.807) is 52.7 Å². The van der Waals surface area contributed by atoms with Crippen LogP contribution in [0.3, 0.4) is 0 Å². The predicted molar refractivity (Wildman–Crippen MR) is 255 cm³/mol. The van der Waals surface area contributed by atoms with E-state index in [0.717, 1.165) is 68.2 Å². The van der Waals surface area contributed by atoms with E-state index in [9.17, 15) is 10.5 Å². The molecule has 0 radical (unpaired) electrons. The average molecular weight is 837 g/mol. The molecule has 7 aromatic carbocycles. The Kier molecular flexibility index (Phi) is 13.3. The highest BCUT2D eigenvalue weighted by Crippen LogP contribution is 2.42. The number of hydrogen-bond acceptors (Lipinski definition) is 8. The van der Waals surface area contributed by atoms with Crippen LogP contribution in [0.15, 0.2) is 146 Å². The van der Waals surface area contributed by atoms with Gasteiger partial charge in [0.15, 0.2) is 0 Å². The highest BCUT2D eigenvalue weighted by atomic mass is 16.5. The molecular formula is C54H40N6O4. The fourth-order valence-corrected chi connectivity index (χ4v) is 7.19. The van der Waals surface area contributed by atoms with Crippen molar-refractivity contribution in [2.24, 2.45) is 0 Å². The zero-order valence-corrected chi connectivity index (χ0v) is 35.5. The van der Waals surface area contributed by atoms with Gasteiger partial charge in [0.2, 0.25) is 11.4 Å². The number of methoxy groups -OCH3 is 4. The molecular weight excluding hydrogens is 797 g/mol. The number of ether oxygens (including phenoxy) is 4. The van der Waals surface area contributed by atoms with Gasteiger partial charge in [-0.3, -0.25) is 0 Å². The second-order valence-electron chi connectivity index (χ2n) is 14.0. The molecule has 0 spiro atoms. The summed E-state index contributed by atoms with van der Waals surface area (Å²) in [5, 5.41) is 20.9. The van der Waals surface area contributed by atoms with Crippen LogP contribution in [0, 0.1) is 35.8 Å². The van der Waals surface area contributed by atoms with E-state index in [2.05, 4.69) is 31.6 Å². The van der Waals surface area contributed by atoms with Gasteiger partial charge < -0.3 is 28.7 Å². The number of nitriles is 2. The molecule has 0 aromatic heterocycles. The fraction of sp³-hybridized carbons (Fsp3) is 0.0741. The molecule has 0 aliphatic carbocycles. The summed E-state index contributed by atoms with van der Waals surface area (Å²) in [7, 11) is 6.51. The SMILES string of the molecule is [C-]#[N+]c1c(C#N)c(/C=C\c2ccc(N(c3ccc(OC)cc3)c3ccc(OC)cc3)cc2)c(C#N)c([N+]#[C-])c1/C=C\c1ccc(N(c2ccc(OC)cc2)c2ccc(OC)cc2)cc1. The van der Waals surface area contributed by atoms with Crippen molar-refractivity contribution in [1.29, 1.82) is 10.5 Å². The average Bonchev–Trinajstić information content (AvgIpc) is 3.36.